The number of thioether (sulfide) groups is 1. The molecule has 4 aromatic rings. The third kappa shape index (κ3) is 4.65. The van der Waals surface area contributed by atoms with Crippen LogP contribution < -0.4 is 5.32 Å². The number of rotatable bonds is 6. The van der Waals surface area contributed by atoms with Crippen LogP contribution in [0.2, 0.25) is 0 Å². The third-order valence-corrected chi connectivity index (χ3v) is 7.61. The van der Waals surface area contributed by atoms with Gasteiger partial charge in [-0.1, -0.05) is 36.0 Å². The summed E-state index contributed by atoms with van der Waals surface area (Å²) >= 11 is 1.33. The van der Waals surface area contributed by atoms with Gasteiger partial charge in [0.1, 0.15) is 6.54 Å². The second-order valence-corrected chi connectivity index (χ2v) is 10.3. The lowest BCUT2D eigenvalue weighted by molar-refractivity contribution is -0.137. The van der Waals surface area contributed by atoms with Gasteiger partial charge in [0.25, 0.3) is 0 Å². The molecule has 0 radical (unpaired) electrons. The van der Waals surface area contributed by atoms with Gasteiger partial charge < -0.3 is 10.2 Å². The number of hydrogen-bond donors (Lipinski definition) is 1. The van der Waals surface area contributed by atoms with Crippen LogP contribution in [0, 0.1) is 6.92 Å². The van der Waals surface area contributed by atoms with Gasteiger partial charge in [0, 0.05) is 17.8 Å². The predicted octanol–water partition coefficient (Wildman–Crippen LogP) is 4.51. The molecular weight excluding hydrogens is 460 g/mol. The van der Waals surface area contributed by atoms with E-state index < -0.39 is 0 Å². The Morgan fingerprint density at radius 2 is 1.77 bits per heavy atom. The van der Waals surface area contributed by atoms with Crippen LogP contribution in [0.3, 0.4) is 0 Å². The highest BCUT2D eigenvalue weighted by atomic mass is 32.2. The molecule has 9 heteroatoms. The van der Waals surface area contributed by atoms with Crippen molar-refractivity contribution in [2.24, 2.45) is 0 Å². The molecule has 8 nitrogen and oxygen atoms in total. The molecule has 1 aliphatic rings. The topological polar surface area (TPSA) is 84.5 Å². The summed E-state index contributed by atoms with van der Waals surface area (Å²) in [6, 6.07) is 16.1. The molecule has 1 aliphatic heterocycles. The van der Waals surface area contributed by atoms with Crippen LogP contribution in [-0.2, 0) is 16.1 Å². The van der Waals surface area contributed by atoms with Crippen molar-refractivity contribution in [3.8, 4) is 0 Å². The van der Waals surface area contributed by atoms with Gasteiger partial charge in [-0.05, 0) is 69.9 Å². The quantitative estimate of drug-likeness (QED) is 0.402. The molecule has 1 fully saturated rings. The summed E-state index contributed by atoms with van der Waals surface area (Å²) < 4.78 is 3.88. The summed E-state index contributed by atoms with van der Waals surface area (Å²) in [7, 11) is 0. The van der Waals surface area contributed by atoms with Crippen LogP contribution in [0.5, 0.6) is 0 Å². The first kappa shape index (κ1) is 23.4. The Hall–Kier alpha value is -3.33. The largest absolute Gasteiger partial charge is 0.336 e. The van der Waals surface area contributed by atoms with Crippen molar-refractivity contribution >= 4 is 46.1 Å². The zero-order valence-corrected chi connectivity index (χ0v) is 21.1. The number of carbonyl (C=O) groups excluding carboxylic acids is 2. The minimum absolute atomic E-state index is 0.0997. The molecule has 35 heavy (non-hydrogen) atoms. The number of nitrogens with zero attached hydrogens (tertiary/aromatic N) is 5. The van der Waals surface area contributed by atoms with Crippen LogP contribution in [0.4, 0.5) is 5.69 Å². The Labute approximate surface area is 208 Å². The molecule has 2 aromatic heterocycles. The Kier molecular flexibility index (Phi) is 6.51. The number of amides is 2. The van der Waals surface area contributed by atoms with Crippen molar-refractivity contribution in [3.63, 3.8) is 0 Å². The SMILES string of the molecule is Cc1cccc(NC(=O)CSc2nnc3n(CC(=O)N4C(C)CCCC4C)c4ccccc4n23)c1. The number of fused-ring (bicyclic) bond motifs is 3. The predicted molar refractivity (Wildman–Crippen MR) is 139 cm³/mol. The molecule has 3 heterocycles. The number of piperidine rings is 1. The van der Waals surface area contributed by atoms with E-state index in [0.717, 1.165) is 41.5 Å². The van der Waals surface area contributed by atoms with Gasteiger partial charge in [-0.3, -0.25) is 18.6 Å². The maximum Gasteiger partial charge on any atom is 0.243 e. The Balaban J connectivity index is 1.39. The fraction of sp³-hybridized carbons (Fsp3) is 0.385. The molecule has 2 unspecified atom stereocenters. The van der Waals surface area contributed by atoms with Crippen LogP contribution in [0.15, 0.2) is 53.7 Å². The maximum atomic E-state index is 13.4. The molecule has 2 aromatic carbocycles. The Morgan fingerprint density at radius 1 is 1.03 bits per heavy atom. The average Bonchev–Trinajstić information content (AvgIpc) is 3.37. The fourth-order valence-corrected chi connectivity index (χ4v) is 5.81. The zero-order chi connectivity index (χ0) is 24.5. The molecule has 2 atom stereocenters. The van der Waals surface area contributed by atoms with Crippen molar-refractivity contribution in [2.75, 3.05) is 11.1 Å². The summed E-state index contributed by atoms with van der Waals surface area (Å²) in [5, 5.41) is 12.3. The molecule has 0 bridgehead atoms. The first-order valence-electron chi connectivity index (χ1n) is 12.0. The molecule has 2 amide bonds. The van der Waals surface area contributed by atoms with E-state index in [1.165, 1.54) is 11.8 Å². The van der Waals surface area contributed by atoms with Crippen LogP contribution >= 0.6 is 11.8 Å². The smallest absolute Gasteiger partial charge is 0.243 e. The van der Waals surface area contributed by atoms with Gasteiger partial charge >= 0.3 is 0 Å². The summed E-state index contributed by atoms with van der Waals surface area (Å²) in [5.41, 5.74) is 3.71. The molecule has 182 valence electrons. The normalized spacial score (nSPS) is 18.3. The lowest BCUT2D eigenvalue weighted by Crippen LogP contribution is -2.48. The first-order chi connectivity index (χ1) is 16.9. The van der Waals surface area contributed by atoms with E-state index in [9.17, 15) is 9.59 Å². The second kappa shape index (κ2) is 9.73. The molecular formula is C26H30N6O2S. The minimum atomic E-state index is -0.107. The lowest BCUT2D eigenvalue weighted by Gasteiger charge is -2.39. The minimum Gasteiger partial charge on any atom is -0.336 e. The highest BCUT2D eigenvalue weighted by molar-refractivity contribution is 7.99. The highest BCUT2D eigenvalue weighted by Gasteiger charge is 2.30. The zero-order valence-electron chi connectivity index (χ0n) is 20.3. The van der Waals surface area contributed by atoms with E-state index in [4.69, 9.17) is 0 Å². The summed E-state index contributed by atoms with van der Waals surface area (Å²) in [5.74, 6) is 0.807. The van der Waals surface area contributed by atoms with E-state index in [1.54, 1.807) is 0 Å². The number of benzene rings is 2. The number of imidazole rings is 1. The van der Waals surface area contributed by atoms with E-state index >= 15 is 0 Å². The lowest BCUT2D eigenvalue weighted by atomic mass is 9.97. The van der Waals surface area contributed by atoms with Crippen LogP contribution in [0.25, 0.3) is 16.8 Å². The van der Waals surface area contributed by atoms with Gasteiger partial charge in [-0.25, -0.2) is 0 Å². The number of hydrogen-bond acceptors (Lipinski definition) is 5. The molecule has 1 N–H and O–H groups in total. The number of aromatic nitrogens is 4. The van der Waals surface area contributed by atoms with Gasteiger partial charge in [-0.2, -0.15) is 0 Å². The average molecular weight is 491 g/mol. The first-order valence-corrected chi connectivity index (χ1v) is 13.0. The number of aryl methyl sites for hydroxylation is 1. The molecule has 0 aliphatic carbocycles. The van der Waals surface area contributed by atoms with Crippen molar-refractivity contribution in [3.05, 3.63) is 54.1 Å². The number of para-hydroxylation sites is 2. The van der Waals surface area contributed by atoms with Gasteiger partial charge in [0.2, 0.25) is 17.6 Å². The molecule has 0 saturated carbocycles. The Bertz CT molecular complexity index is 1380. The standard InChI is InChI=1S/C26H30N6O2S/c1-17-8-6-11-20(14-17)27-23(33)16-35-26-29-28-25-30(21-12-4-5-13-22(21)32(25)26)15-24(34)31-18(2)9-7-10-19(31)3/h4-6,8,11-14,18-19H,7,9-10,15-16H2,1-3H3,(H,27,33). The molecule has 5 rings (SSSR count). The van der Waals surface area contributed by atoms with Crippen molar-refractivity contribution in [1.29, 1.82) is 0 Å². The molecule has 0 spiro atoms. The summed E-state index contributed by atoms with van der Waals surface area (Å²) in [6.07, 6.45) is 3.23. The summed E-state index contributed by atoms with van der Waals surface area (Å²) in [4.78, 5) is 28.0. The van der Waals surface area contributed by atoms with Crippen LogP contribution in [0.1, 0.15) is 38.7 Å². The van der Waals surface area contributed by atoms with Crippen molar-refractivity contribution in [1.82, 2.24) is 24.1 Å². The highest BCUT2D eigenvalue weighted by Crippen LogP contribution is 2.28. The number of anilines is 1. The summed E-state index contributed by atoms with van der Waals surface area (Å²) in [6.45, 7) is 6.46. The van der Waals surface area contributed by atoms with E-state index in [2.05, 4.69) is 29.4 Å². The number of nitrogens with one attached hydrogen (secondary N) is 1. The van der Waals surface area contributed by atoms with Crippen LogP contribution in [-0.4, -0.2) is 53.7 Å². The Morgan fingerprint density at radius 3 is 2.51 bits per heavy atom. The van der Waals surface area contributed by atoms with Gasteiger partial charge in [-0.15, -0.1) is 10.2 Å². The fourth-order valence-electron chi connectivity index (χ4n) is 5.07. The van der Waals surface area contributed by atoms with Gasteiger partial charge in [0.15, 0.2) is 5.16 Å². The van der Waals surface area contributed by atoms with E-state index in [-0.39, 0.29) is 36.2 Å². The van der Waals surface area contributed by atoms with E-state index in [1.807, 2.05) is 69.3 Å². The van der Waals surface area contributed by atoms with Crippen molar-refractivity contribution in [2.45, 2.75) is 63.8 Å². The van der Waals surface area contributed by atoms with E-state index in [0.29, 0.717) is 10.9 Å². The second-order valence-electron chi connectivity index (χ2n) is 9.33. The van der Waals surface area contributed by atoms with Crippen molar-refractivity contribution < 1.29 is 9.59 Å². The number of carbonyl (C=O) groups is 2. The number of likely N-dealkylation sites (tertiary alicyclic amines) is 1. The maximum absolute atomic E-state index is 13.4. The third-order valence-electron chi connectivity index (χ3n) is 6.68. The monoisotopic (exact) mass is 490 g/mol. The molecule has 1 saturated heterocycles. The van der Waals surface area contributed by atoms with Gasteiger partial charge in [0.05, 0.1) is 16.8 Å².